The second kappa shape index (κ2) is 6.93. The van der Waals surface area contributed by atoms with Gasteiger partial charge in [-0.25, -0.2) is 4.39 Å². The summed E-state index contributed by atoms with van der Waals surface area (Å²) >= 11 is 7.50. The summed E-state index contributed by atoms with van der Waals surface area (Å²) in [6.45, 7) is 4.03. The molecular formula is C13H15ClFN3S. The van der Waals surface area contributed by atoms with Gasteiger partial charge in [0.1, 0.15) is 15.8 Å². The summed E-state index contributed by atoms with van der Waals surface area (Å²) in [6, 6.07) is 4.31. The first-order valence-electron chi connectivity index (χ1n) is 6.19. The minimum absolute atomic E-state index is 0.345. The Kier molecular flexibility index (Phi) is 5.24. The molecule has 0 aliphatic heterocycles. The van der Waals surface area contributed by atoms with Gasteiger partial charge in [0.25, 0.3) is 0 Å². The van der Waals surface area contributed by atoms with Gasteiger partial charge in [0.2, 0.25) is 0 Å². The summed E-state index contributed by atoms with van der Waals surface area (Å²) in [7, 11) is 0. The highest BCUT2D eigenvalue weighted by Gasteiger charge is 2.10. The van der Waals surface area contributed by atoms with E-state index in [0.29, 0.717) is 5.02 Å². The van der Waals surface area contributed by atoms with E-state index < -0.39 is 0 Å². The van der Waals surface area contributed by atoms with Gasteiger partial charge in [-0.05, 0) is 31.2 Å². The molecule has 0 aliphatic rings. The highest BCUT2D eigenvalue weighted by atomic mass is 35.5. The lowest BCUT2D eigenvalue weighted by atomic mass is 10.2. The Morgan fingerprint density at radius 3 is 2.89 bits per heavy atom. The van der Waals surface area contributed by atoms with Crippen LogP contribution in [-0.2, 0) is 6.42 Å². The van der Waals surface area contributed by atoms with Gasteiger partial charge in [0.15, 0.2) is 0 Å². The molecule has 0 unspecified atom stereocenters. The minimum Gasteiger partial charge on any atom is -0.316 e. The average Bonchev–Trinajstić information content (AvgIpc) is 2.83. The molecule has 6 heteroatoms. The van der Waals surface area contributed by atoms with Crippen molar-refractivity contribution in [2.75, 3.05) is 13.1 Å². The molecule has 102 valence electrons. The smallest absolute Gasteiger partial charge is 0.149 e. The molecule has 0 radical (unpaired) electrons. The van der Waals surface area contributed by atoms with Crippen molar-refractivity contribution in [2.45, 2.75) is 19.8 Å². The first-order chi connectivity index (χ1) is 9.20. The summed E-state index contributed by atoms with van der Waals surface area (Å²) in [4.78, 5) is 0. The Labute approximate surface area is 120 Å². The Morgan fingerprint density at radius 1 is 1.32 bits per heavy atom. The van der Waals surface area contributed by atoms with Gasteiger partial charge in [0, 0.05) is 18.5 Å². The Bertz CT molecular complexity index is 544. The van der Waals surface area contributed by atoms with Gasteiger partial charge < -0.3 is 5.32 Å². The molecule has 1 N–H and O–H groups in total. The Morgan fingerprint density at radius 2 is 2.16 bits per heavy atom. The fourth-order valence-electron chi connectivity index (χ4n) is 1.62. The molecule has 0 aliphatic carbocycles. The molecule has 2 rings (SSSR count). The van der Waals surface area contributed by atoms with Crippen LogP contribution in [0.4, 0.5) is 4.39 Å². The lowest BCUT2D eigenvalue weighted by Crippen LogP contribution is -2.17. The second-order valence-corrected chi connectivity index (χ2v) is 5.59. The van der Waals surface area contributed by atoms with Crippen LogP contribution in [0.3, 0.4) is 0 Å². The molecule has 1 aromatic carbocycles. The first kappa shape index (κ1) is 14.4. The van der Waals surface area contributed by atoms with Crippen LogP contribution in [-0.4, -0.2) is 23.3 Å². The van der Waals surface area contributed by atoms with Gasteiger partial charge in [-0.15, -0.1) is 10.2 Å². The molecule has 0 amide bonds. The van der Waals surface area contributed by atoms with Gasteiger partial charge in [-0.3, -0.25) is 0 Å². The van der Waals surface area contributed by atoms with Crippen LogP contribution in [0, 0.1) is 5.82 Å². The fraction of sp³-hybridized carbons (Fsp3) is 0.385. The molecular weight excluding hydrogens is 285 g/mol. The van der Waals surface area contributed by atoms with Crippen molar-refractivity contribution in [1.29, 1.82) is 0 Å². The first-order valence-corrected chi connectivity index (χ1v) is 7.38. The van der Waals surface area contributed by atoms with Crippen molar-refractivity contribution in [1.82, 2.24) is 15.5 Å². The van der Waals surface area contributed by atoms with Crippen molar-refractivity contribution in [3.05, 3.63) is 34.0 Å². The molecule has 19 heavy (non-hydrogen) atoms. The third kappa shape index (κ3) is 3.96. The zero-order valence-electron chi connectivity index (χ0n) is 10.6. The largest absolute Gasteiger partial charge is 0.316 e. The molecule has 3 nitrogen and oxygen atoms in total. The summed E-state index contributed by atoms with van der Waals surface area (Å²) in [6.07, 6.45) is 1.96. The number of aromatic nitrogens is 2. The average molecular weight is 300 g/mol. The molecule has 1 heterocycles. The van der Waals surface area contributed by atoms with Gasteiger partial charge in [-0.1, -0.05) is 29.9 Å². The van der Waals surface area contributed by atoms with Crippen molar-refractivity contribution in [3.63, 3.8) is 0 Å². The van der Waals surface area contributed by atoms with Crippen LogP contribution in [0.5, 0.6) is 0 Å². The molecule has 0 fully saturated rings. The molecule has 0 spiro atoms. The lowest BCUT2D eigenvalue weighted by Gasteiger charge is -1.99. The summed E-state index contributed by atoms with van der Waals surface area (Å²) in [5, 5.41) is 13.6. The highest BCUT2D eigenvalue weighted by Crippen LogP contribution is 2.30. The highest BCUT2D eigenvalue weighted by molar-refractivity contribution is 7.14. The standard InChI is InChI=1S/C13H15ClFN3S/c1-2-6-16-7-5-12-17-18-13(19-12)10-4-3-9(15)8-11(10)14/h3-4,8,16H,2,5-7H2,1H3. The third-order valence-corrected chi connectivity index (χ3v) is 3.90. The van der Waals surface area contributed by atoms with Crippen molar-refractivity contribution >= 4 is 22.9 Å². The monoisotopic (exact) mass is 299 g/mol. The lowest BCUT2D eigenvalue weighted by molar-refractivity contribution is 0.628. The van der Waals surface area contributed by atoms with E-state index in [0.717, 1.165) is 41.5 Å². The van der Waals surface area contributed by atoms with Crippen LogP contribution >= 0.6 is 22.9 Å². The molecule has 0 atom stereocenters. The number of nitrogens with zero attached hydrogens (tertiary/aromatic N) is 2. The molecule has 0 bridgehead atoms. The summed E-state index contributed by atoms with van der Waals surface area (Å²) in [5.41, 5.74) is 0.730. The van der Waals surface area contributed by atoms with Crippen molar-refractivity contribution in [2.24, 2.45) is 0 Å². The number of hydrogen-bond donors (Lipinski definition) is 1. The van der Waals surface area contributed by atoms with E-state index >= 15 is 0 Å². The van der Waals surface area contributed by atoms with Gasteiger partial charge >= 0.3 is 0 Å². The maximum absolute atomic E-state index is 13.0. The normalized spacial score (nSPS) is 10.9. The van der Waals surface area contributed by atoms with E-state index in [1.165, 1.54) is 23.5 Å². The molecule has 0 saturated carbocycles. The van der Waals surface area contributed by atoms with Crippen LogP contribution in [0.2, 0.25) is 5.02 Å². The fourth-order valence-corrected chi connectivity index (χ4v) is 2.81. The van der Waals surface area contributed by atoms with Crippen molar-refractivity contribution < 1.29 is 4.39 Å². The topological polar surface area (TPSA) is 37.8 Å². The van der Waals surface area contributed by atoms with Crippen LogP contribution in [0.15, 0.2) is 18.2 Å². The predicted octanol–water partition coefficient (Wildman–Crippen LogP) is 3.54. The number of halogens is 2. The van der Waals surface area contributed by atoms with Crippen LogP contribution < -0.4 is 5.32 Å². The molecule has 2 aromatic rings. The van der Waals surface area contributed by atoms with Crippen LogP contribution in [0.1, 0.15) is 18.4 Å². The zero-order valence-corrected chi connectivity index (χ0v) is 12.2. The summed E-state index contributed by atoms with van der Waals surface area (Å²) in [5.74, 6) is -0.345. The number of hydrogen-bond acceptors (Lipinski definition) is 4. The quantitative estimate of drug-likeness (QED) is 0.829. The third-order valence-electron chi connectivity index (χ3n) is 2.57. The predicted molar refractivity (Wildman–Crippen MR) is 77.2 cm³/mol. The van der Waals surface area contributed by atoms with Crippen LogP contribution in [0.25, 0.3) is 10.6 Å². The second-order valence-electron chi connectivity index (χ2n) is 4.13. The maximum atomic E-state index is 13.0. The van der Waals surface area contributed by atoms with E-state index in [-0.39, 0.29) is 5.82 Å². The van der Waals surface area contributed by atoms with Crippen molar-refractivity contribution in [3.8, 4) is 10.6 Å². The Balaban J connectivity index is 2.04. The summed E-state index contributed by atoms with van der Waals surface area (Å²) < 4.78 is 13.0. The minimum atomic E-state index is -0.345. The van der Waals surface area contributed by atoms with E-state index in [9.17, 15) is 4.39 Å². The van der Waals surface area contributed by atoms with E-state index in [2.05, 4.69) is 22.4 Å². The van der Waals surface area contributed by atoms with Gasteiger partial charge in [0.05, 0.1) is 5.02 Å². The SMILES string of the molecule is CCCNCCc1nnc(-c2ccc(F)cc2Cl)s1. The molecule has 0 saturated heterocycles. The number of rotatable bonds is 6. The zero-order chi connectivity index (χ0) is 13.7. The Hall–Kier alpha value is -1.04. The number of benzene rings is 1. The van der Waals surface area contributed by atoms with E-state index in [1.807, 2.05) is 0 Å². The maximum Gasteiger partial charge on any atom is 0.149 e. The number of nitrogens with one attached hydrogen (secondary N) is 1. The van der Waals surface area contributed by atoms with E-state index in [1.54, 1.807) is 6.07 Å². The molecule has 1 aromatic heterocycles. The van der Waals surface area contributed by atoms with E-state index in [4.69, 9.17) is 11.6 Å². The van der Waals surface area contributed by atoms with Gasteiger partial charge in [-0.2, -0.15) is 0 Å².